The number of nitrogens with zero attached hydrogens (tertiary/aromatic N) is 1. The van der Waals surface area contributed by atoms with Crippen LogP contribution in [-0.2, 0) is 14.0 Å². The third-order valence-electron chi connectivity index (χ3n) is 10.1. The predicted molar refractivity (Wildman–Crippen MR) is 180 cm³/mol. The second kappa shape index (κ2) is 10.9. The van der Waals surface area contributed by atoms with E-state index in [1.807, 2.05) is 140 Å². The molecule has 0 spiro atoms. The van der Waals surface area contributed by atoms with Crippen molar-refractivity contribution in [2.45, 2.75) is 23.8 Å². The van der Waals surface area contributed by atoms with Gasteiger partial charge in [0.15, 0.2) is 0 Å². The second-order valence-electron chi connectivity index (χ2n) is 12.1. The average Bonchev–Trinajstić information content (AvgIpc) is 3.82. The Labute approximate surface area is 258 Å². The zero-order valence-electron chi connectivity index (χ0n) is 24.2. The van der Waals surface area contributed by atoms with Gasteiger partial charge in [0.2, 0.25) is 0 Å². The van der Waals surface area contributed by atoms with E-state index >= 15 is 9.13 Å². The van der Waals surface area contributed by atoms with Crippen LogP contribution in [0, 0.1) is 17.8 Å². The summed E-state index contributed by atoms with van der Waals surface area (Å²) in [6.45, 7) is 0. The summed E-state index contributed by atoms with van der Waals surface area (Å²) in [7, 11) is -6.71. The van der Waals surface area contributed by atoms with Crippen molar-refractivity contribution in [1.29, 1.82) is 0 Å². The van der Waals surface area contributed by atoms with E-state index in [-0.39, 0.29) is 29.5 Å². The molecule has 6 atom stereocenters. The van der Waals surface area contributed by atoms with E-state index in [0.29, 0.717) is 0 Å². The van der Waals surface area contributed by atoms with Crippen LogP contribution in [0.2, 0.25) is 0 Å². The standard InChI is InChI=1S/C38H33NO3P2/c40-43(28-18-8-2-9-19-28,29-20-10-3-11-21-29)37-32-26-33(36-34(32)35(39-42-36)27-16-6-1-7-17-27)38(37)44(41,30-22-12-4-13-23-30)31-24-14-5-15-25-31/h1-25,32-34,36-38H,26H2/t32-,33-,34+,36+,37-,38+/m0/s1. The Balaban J connectivity index is 1.39. The molecule has 3 aliphatic rings. The smallest absolute Gasteiger partial charge is 0.147 e. The maximum absolute atomic E-state index is 16.4. The van der Waals surface area contributed by atoms with Gasteiger partial charge in [-0.25, -0.2) is 0 Å². The summed E-state index contributed by atoms with van der Waals surface area (Å²) in [5.74, 6) is -0.125. The fourth-order valence-electron chi connectivity index (χ4n) is 8.39. The lowest BCUT2D eigenvalue weighted by Crippen LogP contribution is -2.50. The zero-order valence-corrected chi connectivity index (χ0v) is 26.0. The molecule has 4 nitrogen and oxygen atoms in total. The minimum Gasteiger partial charge on any atom is -0.391 e. The second-order valence-corrected chi connectivity index (χ2v) is 18.0. The number of benzene rings is 5. The van der Waals surface area contributed by atoms with E-state index in [1.165, 1.54) is 0 Å². The van der Waals surface area contributed by atoms with Crippen LogP contribution in [0.1, 0.15) is 12.0 Å². The van der Waals surface area contributed by atoms with E-state index in [4.69, 9.17) is 9.99 Å². The van der Waals surface area contributed by atoms with Gasteiger partial charge < -0.3 is 14.0 Å². The molecule has 218 valence electrons. The van der Waals surface area contributed by atoms with Gasteiger partial charge in [0.1, 0.15) is 20.4 Å². The quantitative estimate of drug-likeness (QED) is 0.189. The highest BCUT2D eigenvalue weighted by Gasteiger charge is 2.70. The first-order valence-corrected chi connectivity index (χ1v) is 18.9. The molecule has 6 heteroatoms. The van der Waals surface area contributed by atoms with Gasteiger partial charge in [-0.15, -0.1) is 0 Å². The first-order chi connectivity index (χ1) is 21.6. The van der Waals surface area contributed by atoms with E-state index in [1.54, 1.807) is 0 Å². The molecule has 1 aliphatic heterocycles. The largest absolute Gasteiger partial charge is 0.391 e. The van der Waals surface area contributed by atoms with Crippen molar-refractivity contribution in [2.24, 2.45) is 22.9 Å². The van der Waals surface area contributed by atoms with Crippen molar-refractivity contribution >= 4 is 41.2 Å². The summed E-state index contributed by atoms with van der Waals surface area (Å²) < 4.78 is 32.6. The van der Waals surface area contributed by atoms with Crippen LogP contribution in [0.4, 0.5) is 0 Å². The zero-order chi connectivity index (χ0) is 29.7. The van der Waals surface area contributed by atoms with Crippen LogP contribution >= 0.6 is 14.3 Å². The molecule has 2 aliphatic carbocycles. The maximum Gasteiger partial charge on any atom is 0.147 e. The van der Waals surface area contributed by atoms with Crippen molar-refractivity contribution in [1.82, 2.24) is 0 Å². The highest BCUT2D eigenvalue weighted by Crippen LogP contribution is 2.73. The molecule has 0 saturated heterocycles. The van der Waals surface area contributed by atoms with Crippen LogP contribution in [-0.4, -0.2) is 23.1 Å². The highest BCUT2D eigenvalue weighted by molar-refractivity contribution is 7.83. The van der Waals surface area contributed by atoms with Crippen LogP contribution in [0.3, 0.4) is 0 Å². The summed E-state index contributed by atoms with van der Waals surface area (Å²) in [5.41, 5.74) is 1.19. The lowest BCUT2D eigenvalue weighted by atomic mass is 9.80. The van der Waals surface area contributed by atoms with Gasteiger partial charge in [0.05, 0.1) is 5.71 Å². The molecule has 44 heavy (non-hydrogen) atoms. The van der Waals surface area contributed by atoms with Crippen molar-refractivity contribution in [2.75, 3.05) is 0 Å². The van der Waals surface area contributed by atoms with Gasteiger partial charge in [0, 0.05) is 44.4 Å². The number of fused-ring (bicyclic) bond motifs is 5. The molecule has 0 amide bonds. The highest BCUT2D eigenvalue weighted by atomic mass is 31.2. The molecule has 1 heterocycles. The fraction of sp³-hybridized carbons (Fsp3) is 0.184. The summed E-state index contributed by atoms with van der Waals surface area (Å²) in [6, 6.07) is 49.8. The van der Waals surface area contributed by atoms with E-state index in [2.05, 4.69) is 12.1 Å². The lowest BCUT2D eigenvalue weighted by molar-refractivity contribution is 0.0293. The Morgan fingerprint density at radius 2 is 0.864 bits per heavy atom. The van der Waals surface area contributed by atoms with Gasteiger partial charge in [-0.2, -0.15) is 0 Å². The van der Waals surface area contributed by atoms with Crippen molar-refractivity contribution in [3.05, 3.63) is 157 Å². The number of hydrogen-bond acceptors (Lipinski definition) is 4. The summed E-state index contributed by atoms with van der Waals surface area (Å²) in [6.07, 6.45) is 0.585. The molecule has 0 aromatic heterocycles. The number of oxime groups is 1. The van der Waals surface area contributed by atoms with Gasteiger partial charge >= 0.3 is 0 Å². The molecule has 2 saturated carbocycles. The fourth-order valence-corrected chi connectivity index (χ4v) is 16.9. The van der Waals surface area contributed by atoms with E-state index in [0.717, 1.165) is 38.9 Å². The molecule has 2 fully saturated rings. The lowest BCUT2D eigenvalue weighted by Gasteiger charge is -2.44. The molecule has 2 bridgehead atoms. The van der Waals surface area contributed by atoms with Crippen molar-refractivity contribution < 1.29 is 14.0 Å². The Hall–Kier alpha value is -3.97. The molecule has 5 aromatic carbocycles. The monoisotopic (exact) mass is 613 g/mol. The Bertz CT molecular complexity index is 1810. The van der Waals surface area contributed by atoms with E-state index in [9.17, 15) is 0 Å². The van der Waals surface area contributed by atoms with Crippen molar-refractivity contribution in [3.63, 3.8) is 0 Å². The van der Waals surface area contributed by atoms with Crippen LogP contribution in [0.25, 0.3) is 0 Å². The first-order valence-electron chi connectivity index (χ1n) is 15.3. The molecule has 8 rings (SSSR count). The van der Waals surface area contributed by atoms with Crippen LogP contribution in [0.15, 0.2) is 157 Å². The Kier molecular flexibility index (Phi) is 6.82. The van der Waals surface area contributed by atoms with Crippen LogP contribution < -0.4 is 21.2 Å². The molecule has 0 radical (unpaired) electrons. The summed E-state index contributed by atoms with van der Waals surface area (Å²) >= 11 is 0. The average molecular weight is 614 g/mol. The Morgan fingerprint density at radius 3 is 1.27 bits per heavy atom. The molecule has 5 aromatic rings. The SMILES string of the molecule is O=P(c1ccccc1)(c1ccccc1)[C@@H]1[C@H]2C[C@@H]([C@@H]3C(c4ccccc4)=NO[C@H]23)[C@@H]1P(=O)(c1ccccc1)c1ccccc1. The van der Waals surface area contributed by atoms with Gasteiger partial charge in [0.25, 0.3) is 0 Å². The molecule has 0 N–H and O–H groups in total. The minimum absolute atomic E-state index is 0.0237. The summed E-state index contributed by atoms with van der Waals surface area (Å²) in [4.78, 5) is 6.32. The third-order valence-corrected chi connectivity index (χ3v) is 17.6. The minimum atomic E-state index is -3.36. The number of rotatable bonds is 7. The molecule has 0 unspecified atom stereocenters. The van der Waals surface area contributed by atoms with Crippen molar-refractivity contribution in [3.8, 4) is 0 Å². The van der Waals surface area contributed by atoms with Crippen LogP contribution in [0.5, 0.6) is 0 Å². The van der Waals surface area contributed by atoms with Gasteiger partial charge in [-0.1, -0.05) is 157 Å². The topological polar surface area (TPSA) is 55.7 Å². The van der Waals surface area contributed by atoms with Gasteiger partial charge in [-0.3, -0.25) is 0 Å². The Morgan fingerprint density at radius 1 is 0.500 bits per heavy atom. The normalized spacial score (nSPS) is 25.7. The summed E-state index contributed by atoms with van der Waals surface area (Å²) in [5, 5.41) is 7.93. The first kappa shape index (κ1) is 27.6. The molecular weight excluding hydrogens is 580 g/mol. The number of hydrogen-bond donors (Lipinski definition) is 0. The third kappa shape index (κ3) is 4.08. The van der Waals surface area contributed by atoms with E-state index < -0.39 is 19.9 Å². The van der Waals surface area contributed by atoms with Gasteiger partial charge in [-0.05, 0) is 17.9 Å². The predicted octanol–water partition coefficient (Wildman–Crippen LogP) is 6.82. The maximum atomic E-state index is 16.4. The molecular formula is C38H33NO3P2.